The predicted octanol–water partition coefficient (Wildman–Crippen LogP) is 3.19. The number of hydrogen-bond donors (Lipinski definition) is 1. The molecule has 0 aliphatic carbocycles. The van der Waals surface area contributed by atoms with Crippen molar-refractivity contribution in [3.8, 4) is 0 Å². The Hall–Kier alpha value is -1.00. The Bertz CT molecular complexity index is 372. The second kappa shape index (κ2) is 8.16. The van der Waals surface area contributed by atoms with Crippen LogP contribution >= 0.6 is 12.4 Å². The van der Waals surface area contributed by atoms with Crippen LogP contribution in [0.4, 0.5) is 0 Å². The fourth-order valence-electron chi connectivity index (χ4n) is 1.83. The molecule has 5 heteroatoms. The van der Waals surface area contributed by atoms with Crippen LogP contribution in [0.2, 0.25) is 0 Å². The Morgan fingerprint density at radius 3 is 2.39 bits per heavy atom. The molecule has 0 radical (unpaired) electrons. The second-order valence-electron chi connectivity index (χ2n) is 4.08. The quantitative estimate of drug-likeness (QED) is 0.830. The Labute approximate surface area is 114 Å². The average Bonchev–Trinajstić information content (AvgIpc) is 2.70. The molecule has 0 aromatic carbocycles. The molecule has 0 aliphatic heterocycles. The first kappa shape index (κ1) is 17.0. The molecule has 104 valence electrons. The molecule has 0 amide bonds. The van der Waals surface area contributed by atoms with Crippen LogP contribution in [0, 0.1) is 0 Å². The molecule has 0 atom stereocenters. The van der Waals surface area contributed by atoms with Gasteiger partial charge in [-0.25, -0.2) is 4.79 Å². The summed E-state index contributed by atoms with van der Waals surface area (Å²) in [6.07, 6.45) is 1.75. The van der Waals surface area contributed by atoms with E-state index >= 15 is 0 Å². The molecule has 1 aromatic heterocycles. The van der Waals surface area contributed by atoms with Crippen molar-refractivity contribution in [2.75, 3.05) is 13.1 Å². The molecule has 4 nitrogen and oxygen atoms in total. The van der Waals surface area contributed by atoms with Gasteiger partial charge in [0.1, 0.15) is 5.76 Å². The van der Waals surface area contributed by atoms with Crippen LogP contribution in [0.3, 0.4) is 0 Å². The van der Waals surface area contributed by atoms with Crippen molar-refractivity contribution in [1.82, 2.24) is 4.90 Å². The van der Waals surface area contributed by atoms with Gasteiger partial charge in [0, 0.05) is 18.5 Å². The third-order valence-corrected chi connectivity index (χ3v) is 2.87. The summed E-state index contributed by atoms with van der Waals surface area (Å²) in [6.45, 7) is 8.93. The lowest BCUT2D eigenvalue weighted by molar-refractivity contribution is 0.0660. The maximum absolute atomic E-state index is 10.9. The van der Waals surface area contributed by atoms with Gasteiger partial charge in [0.05, 0.1) is 0 Å². The lowest BCUT2D eigenvalue weighted by atomic mass is 10.1. The summed E-state index contributed by atoms with van der Waals surface area (Å²) in [5.41, 5.74) is 1.01. The summed E-state index contributed by atoms with van der Waals surface area (Å²) in [4.78, 5) is 13.1. The van der Waals surface area contributed by atoms with Crippen molar-refractivity contribution < 1.29 is 14.3 Å². The van der Waals surface area contributed by atoms with E-state index in [1.807, 2.05) is 0 Å². The Balaban J connectivity index is 0.00000289. The number of carboxylic acid groups (broad SMARTS) is 1. The smallest absolute Gasteiger partial charge is 0.371 e. The summed E-state index contributed by atoms with van der Waals surface area (Å²) in [7, 11) is 0. The number of nitrogens with zero attached hydrogens (tertiary/aromatic N) is 1. The molecule has 1 rings (SSSR count). The monoisotopic (exact) mass is 275 g/mol. The van der Waals surface area contributed by atoms with Crippen LogP contribution in [0.1, 0.15) is 49.1 Å². The molecule has 0 aliphatic rings. The van der Waals surface area contributed by atoms with Crippen molar-refractivity contribution in [3.05, 3.63) is 23.2 Å². The van der Waals surface area contributed by atoms with Gasteiger partial charge in [0.25, 0.3) is 0 Å². The van der Waals surface area contributed by atoms with Gasteiger partial charge in [0.15, 0.2) is 0 Å². The predicted molar refractivity (Wildman–Crippen MR) is 73.5 cm³/mol. The maximum Gasteiger partial charge on any atom is 0.371 e. The maximum atomic E-state index is 10.9. The van der Waals surface area contributed by atoms with E-state index in [0.717, 1.165) is 43.8 Å². The van der Waals surface area contributed by atoms with Crippen LogP contribution in [0.5, 0.6) is 0 Å². The fraction of sp³-hybridized carbons (Fsp3) is 0.615. The highest BCUT2D eigenvalue weighted by molar-refractivity contribution is 5.85. The number of furan rings is 1. The van der Waals surface area contributed by atoms with Crippen LogP contribution in [0.15, 0.2) is 10.5 Å². The molecular formula is C13H22ClNO3. The van der Waals surface area contributed by atoms with E-state index in [1.54, 1.807) is 6.07 Å². The van der Waals surface area contributed by atoms with Crippen LogP contribution < -0.4 is 0 Å². The van der Waals surface area contributed by atoms with Crippen molar-refractivity contribution in [1.29, 1.82) is 0 Å². The van der Waals surface area contributed by atoms with Gasteiger partial charge in [0.2, 0.25) is 5.76 Å². The topological polar surface area (TPSA) is 53.7 Å². The number of carboxylic acids is 1. The summed E-state index contributed by atoms with van der Waals surface area (Å²) in [5, 5.41) is 8.93. The number of rotatable bonds is 7. The van der Waals surface area contributed by atoms with Crippen molar-refractivity contribution >= 4 is 18.4 Å². The van der Waals surface area contributed by atoms with Crippen LogP contribution in [-0.2, 0) is 13.0 Å². The minimum atomic E-state index is -0.992. The zero-order valence-electron chi connectivity index (χ0n) is 11.2. The van der Waals surface area contributed by atoms with Crippen molar-refractivity contribution in [2.45, 2.75) is 40.2 Å². The second-order valence-corrected chi connectivity index (χ2v) is 4.08. The minimum absolute atomic E-state index is 0. The Morgan fingerprint density at radius 1 is 1.33 bits per heavy atom. The van der Waals surface area contributed by atoms with Gasteiger partial charge >= 0.3 is 5.97 Å². The van der Waals surface area contributed by atoms with E-state index in [0.29, 0.717) is 0 Å². The highest BCUT2D eigenvalue weighted by Crippen LogP contribution is 2.19. The zero-order valence-corrected chi connectivity index (χ0v) is 12.0. The third kappa shape index (κ3) is 4.35. The van der Waals surface area contributed by atoms with Gasteiger partial charge in [-0.15, -0.1) is 12.4 Å². The first-order valence-electron chi connectivity index (χ1n) is 6.19. The van der Waals surface area contributed by atoms with E-state index in [4.69, 9.17) is 9.52 Å². The minimum Gasteiger partial charge on any atom is -0.475 e. The molecule has 0 saturated heterocycles. The highest BCUT2D eigenvalue weighted by Gasteiger charge is 2.16. The molecule has 18 heavy (non-hydrogen) atoms. The molecule has 0 saturated carbocycles. The summed E-state index contributed by atoms with van der Waals surface area (Å²) in [6, 6.07) is 1.66. The van der Waals surface area contributed by atoms with Gasteiger partial charge in [-0.3, -0.25) is 4.90 Å². The van der Waals surface area contributed by atoms with Crippen molar-refractivity contribution in [2.24, 2.45) is 0 Å². The molecule has 1 heterocycles. The molecular weight excluding hydrogens is 254 g/mol. The summed E-state index contributed by atoms with van der Waals surface area (Å²) >= 11 is 0. The van der Waals surface area contributed by atoms with E-state index < -0.39 is 5.97 Å². The Kier molecular flexibility index (Phi) is 7.71. The summed E-state index contributed by atoms with van der Waals surface area (Å²) < 4.78 is 5.38. The molecule has 0 spiro atoms. The van der Waals surface area contributed by atoms with Gasteiger partial charge < -0.3 is 9.52 Å². The standard InChI is InChI=1S/C13H21NO3.ClH/c1-4-7-11-10(9-14(5-2)6-3)8-12(17-11)13(15)16;/h8H,4-7,9H2,1-3H3,(H,15,16);1H. The number of aryl methyl sites for hydroxylation is 1. The van der Waals surface area contributed by atoms with Gasteiger partial charge in [-0.1, -0.05) is 20.8 Å². The highest BCUT2D eigenvalue weighted by atomic mass is 35.5. The van der Waals surface area contributed by atoms with E-state index in [9.17, 15) is 4.79 Å². The van der Waals surface area contributed by atoms with Crippen molar-refractivity contribution in [3.63, 3.8) is 0 Å². The summed E-state index contributed by atoms with van der Waals surface area (Å²) in [5.74, 6) is -0.124. The first-order valence-corrected chi connectivity index (χ1v) is 6.19. The molecule has 1 N–H and O–H groups in total. The van der Waals surface area contributed by atoms with Crippen LogP contribution in [-0.4, -0.2) is 29.1 Å². The van der Waals surface area contributed by atoms with Gasteiger partial charge in [-0.05, 0) is 25.6 Å². The lowest BCUT2D eigenvalue weighted by Gasteiger charge is -2.17. The normalized spacial score (nSPS) is 10.4. The molecule has 0 unspecified atom stereocenters. The zero-order chi connectivity index (χ0) is 12.8. The van der Waals surface area contributed by atoms with E-state index in [1.165, 1.54) is 0 Å². The number of hydrogen-bond acceptors (Lipinski definition) is 3. The van der Waals surface area contributed by atoms with Crippen LogP contribution in [0.25, 0.3) is 0 Å². The Morgan fingerprint density at radius 2 is 1.94 bits per heavy atom. The molecule has 0 fully saturated rings. The first-order chi connectivity index (χ1) is 8.12. The number of halogens is 1. The van der Waals surface area contributed by atoms with E-state index in [2.05, 4.69) is 25.7 Å². The lowest BCUT2D eigenvalue weighted by Crippen LogP contribution is -2.22. The number of aromatic carboxylic acids is 1. The van der Waals surface area contributed by atoms with Gasteiger partial charge in [-0.2, -0.15) is 0 Å². The third-order valence-electron chi connectivity index (χ3n) is 2.87. The molecule has 1 aromatic rings. The van der Waals surface area contributed by atoms with E-state index in [-0.39, 0.29) is 18.2 Å². The largest absolute Gasteiger partial charge is 0.475 e. The SMILES string of the molecule is CCCc1oc(C(=O)O)cc1CN(CC)CC.Cl. The number of carbonyl (C=O) groups is 1. The average molecular weight is 276 g/mol. The fourth-order valence-corrected chi connectivity index (χ4v) is 1.83. The molecule has 0 bridgehead atoms.